The Hall–Kier alpha value is -4.28. The van der Waals surface area contributed by atoms with E-state index in [0.29, 0.717) is 17.7 Å². The predicted octanol–water partition coefficient (Wildman–Crippen LogP) is 4.10. The number of rotatable bonds is 6. The molecule has 0 bridgehead atoms. The lowest BCUT2D eigenvalue weighted by Gasteiger charge is -2.10. The topological polar surface area (TPSA) is 121 Å². The summed E-state index contributed by atoms with van der Waals surface area (Å²) < 4.78 is 23.2. The van der Waals surface area contributed by atoms with E-state index in [2.05, 4.69) is 16.0 Å². The number of aldehydes is 1. The normalized spacial score (nSPS) is 10.3. The Bertz CT molecular complexity index is 1470. The van der Waals surface area contributed by atoms with E-state index in [0.717, 1.165) is 6.07 Å². The zero-order chi connectivity index (χ0) is 26.4. The molecule has 3 N–H and O–H groups in total. The molecular weight excluding hydrogens is 489 g/mol. The van der Waals surface area contributed by atoms with Crippen LogP contribution in [0.5, 0.6) is 11.5 Å². The molecule has 0 spiro atoms. The number of aromatic nitrogens is 3. The molecule has 2 heterocycles. The molecule has 36 heavy (non-hydrogen) atoms. The van der Waals surface area contributed by atoms with Gasteiger partial charge in [-0.15, -0.1) is 0 Å². The predicted molar refractivity (Wildman–Crippen MR) is 135 cm³/mol. The average Bonchev–Trinajstić information content (AvgIpc) is 3.11. The highest BCUT2D eigenvalue weighted by atomic mass is 35.5. The lowest BCUT2D eigenvalue weighted by Crippen LogP contribution is -2.25. The first-order valence-corrected chi connectivity index (χ1v) is 11.0. The smallest absolute Gasteiger partial charge is 0.284 e. The number of halogens is 2. The quantitative estimate of drug-likeness (QED) is 0.376. The number of nitrogens with two attached hydrogens (primary N) is 1. The number of hydrogen-bond acceptors (Lipinski definition) is 6. The molecule has 4 aromatic rings. The number of para-hydroxylation sites is 1. The molecule has 2 aromatic heterocycles. The largest absolute Gasteiger partial charge is 0.456 e. The molecule has 0 fully saturated rings. The monoisotopic (exact) mass is 511 g/mol. The zero-order valence-electron chi connectivity index (χ0n) is 19.7. The molecule has 0 atom stereocenters. The number of amides is 1. The molecule has 2 aromatic carbocycles. The van der Waals surface area contributed by atoms with Gasteiger partial charge in [-0.25, -0.2) is 9.07 Å². The minimum Gasteiger partial charge on any atom is -0.456 e. The maximum atomic E-state index is 14.7. The first-order valence-electron chi connectivity index (χ1n) is 10.6. The average molecular weight is 512 g/mol. The van der Waals surface area contributed by atoms with Crippen molar-refractivity contribution in [1.82, 2.24) is 14.3 Å². The number of carbonyl (C=O) groups excluding carboxylic acids is 2. The van der Waals surface area contributed by atoms with Crippen molar-refractivity contribution in [3.63, 3.8) is 0 Å². The van der Waals surface area contributed by atoms with E-state index in [-0.39, 0.29) is 33.5 Å². The van der Waals surface area contributed by atoms with Gasteiger partial charge in [0.2, 0.25) is 0 Å². The maximum absolute atomic E-state index is 14.7. The molecular formula is C25H23ClFN5O4. The van der Waals surface area contributed by atoms with Crippen molar-refractivity contribution in [3.05, 3.63) is 98.9 Å². The number of pyridine rings is 1. The van der Waals surface area contributed by atoms with E-state index < -0.39 is 17.3 Å². The fourth-order valence-corrected chi connectivity index (χ4v) is 3.60. The van der Waals surface area contributed by atoms with E-state index in [1.165, 1.54) is 36.1 Å². The van der Waals surface area contributed by atoms with Crippen molar-refractivity contribution in [2.45, 2.75) is 6.92 Å². The van der Waals surface area contributed by atoms with Crippen molar-refractivity contribution in [1.29, 1.82) is 0 Å². The molecule has 186 valence electrons. The Kier molecular flexibility index (Phi) is 8.36. The van der Waals surface area contributed by atoms with Crippen LogP contribution in [0.1, 0.15) is 26.5 Å². The highest BCUT2D eigenvalue weighted by Crippen LogP contribution is 2.32. The first-order chi connectivity index (χ1) is 17.3. The number of hydrogen-bond donors (Lipinski definition) is 2. The molecule has 0 saturated carbocycles. The van der Waals surface area contributed by atoms with E-state index in [9.17, 15) is 18.8 Å². The second-order valence-electron chi connectivity index (χ2n) is 7.26. The van der Waals surface area contributed by atoms with Gasteiger partial charge >= 0.3 is 0 Å². The van der Waals surface area contributed by atoms with Crippen LogP contribution in [0.4, 0.5) is 10.1 Å². The third-order valence-corrected chi connectivity index (χ3v) is 5.57. The Labute approximate surface area is 210 Å². The lowest BCUT2D eigenvalue weighted by atomic mass is 10.2. The van der Waals surface area contributed by atoms with Crippen LogP contribution in [0.2, 0.25) is 5.02 Å². The second-order valence-corrected chi connectivity index (χ2v) is 7.64. The van der Waals surface area contributed by atoms with Gasteiger partial charge in [-0.3, -0.25) is 24.0 Å². The summed E-state index contributed by atoms with van der Waals surface area (Å²) in [5.41, 5.74) is 4.74. The summed E-state index contributed by atoms with van der Waals surface area (Å²) >= 11 is 6.05. The number of nitrogens with zero attached hydrogens (tertiary/aromatic N) is 3. The number of ether oxygens (including phenoxy) is 1. The summed E-state index contributed by atoms with van der Waals surface area (Å²) in [4.78, 5) is 40.7. The van der Waals surface area contributed by atoms with Crippen LogP contribution in [0.15, 0.2) is 65.6 Å². The van der Waals surface area contributed by atoms with Gasteiger partial charge in [-0.1, -0.05) is 29.8 Å². The molecule has 0 aliphatic rings. The highest BCUT2D eigenvalue weighted by molar-refractivity contribution is 6.34. The van der Waals surface area contributed by atoms with Gasteiger partial charge in [-0.2, -0.15) is 0 Å². The van der Waals surface area contributed by atoms with Crippen molar-refractivity contribution in [2.75, 3.05) is 12.4 Å². The number of anilines is 1. The lowest BCUT2D eigenvalue weighted by molar-refractivity contribution is 0.102. The maximum Gasteiger partial charge on any atom is 0.284 e. The highest BCUT2D eigenvalue weighted by Gasteiger charge is 2.23. The number of carbonyl (C=O) groups is 2. The van der Waals surface area contributed by atoms with Gasteiger partial charge in [0, 0.05) is 25.4 Å². The Morgan fingerprint density at radius 1 is 1.17 bits per heavy atom. The van der Waals surface area contributed by atoms with Gasteiger partial charge in [0.05, 0.1) is 17.1 Å². The minimum atomic E-state index is -0.788. The minimum absolute atomic E-state index is 0.00969. The molecule has 9 nitrogen and oxygen atoms in total. The number of benzene rings is 2. The SMILES string of the molecule is CN.Cc1c(C(=O)Nc2ccc(Oc3ccnc(C=O)c3Cl)cc2F)c(=O)n(-c2ccccc2)n1C. The van der Waals surface area contributed by atoms with Crippen molar-refractivity contribution < 1.29 is 18.7 Å². The van der Waals surface area contributed by atoms with Gasteiger partial charge in [0.1, 0.15) is 33.6 Å². The fraction of sp³-hybridized carbons (Fsp3) is 0.120. The van der Waals surface area contributed by atoms with E-state index in [1.54, 1.807) is 42.9 Å². The molecule has 1 amide bonds. The molecule has 11 heteroatoms. The van der Waals surface area contributed by atoms with Crippen LogP contribution in [-0.4, -0.2) is 33.6 Å². The zero-order valence-corrected chi connectivity index (χ0v) is 20.4. The van der Waals surface area contributed by atoms with Crippen molar-refractivity contribution in [2.24, 2.45) is 12.8 Å². The standard InChI is InChI=1S/C24H18ClFN4O4.CH5N/c1-14-21(24(33)30(29(14)2)15-6-4-3-5-7-15)23(32)28-18-9-8-16(12-17(18)26)34-20-10-11-27-19(13-31)22(20)25;1-2/h3-13H,1-2H3,(H,28,32);2H2,1H3. The van der Waals surface area contributed by atoms with Crippen LogP contribution >= 0.6 is 11.6 Å². The first kappa shape index (κ1) is 26.3. The molecule has 0 unspecified atom stereocenters. The van der Waals surface area contributed by atoms with Crippen LogP contribution < -0.4 is 21.3 Å². The van der Waals surface area contributed by atoms with Gasteiger partial charge in [0.25, 0.3) is 11.5 Å². The summed E-state index contributed by atoms with van der Waals surface area (Å²) in [7, 11) is 3.16. The molecule has 4 rings (SSSR count). The number of nitrogens with one attached hydrogen (secondary N) is 1. The Balaban J connectivity index is 0.00000176. The summed E-state index contributed by atoms with van der Waals surface area (Å²) in [6.07, 6.45) is 1.81. The summed E-state index contributed by atoms with van der Waals surface area (Å²) in [5.74, 6) is -1.32. The van der Waals surface area contributed by atoms with Gasteiger partial charge in [-0.05, 0) is 38.2 Å². The fourth-order valence-electron chi connectivity index (χ4n) is 3.40. The summed E-state index contributed by atoms with van der Waals surface area (Å²) in [6, 6.07) is 14.1. The van der Waals surface area contributed by atoms with Gasteiger partial charge < -0.3 is 15.8 Å². The Morgan fingerprint density at radius 2 is 1.86 bits per heavy atom. The van der Waals surface area contributed by atoms with E-state index >= 15 is 0 Å². The van der Waals surface area contributed by atoms with Crippen molar-refractivity contribution >= 4 is 29.5 Å². The molecule has 0 radical (unpaired) electrons. The van der Waals surface area contributed by atoms with Crippen LogP contribution in [0.25, 0.3) is 5.69 Å². The molecule has 0 aliphatic heterocycles. The van der Waals surface area contributed by atoms with Crippen LogP contribution in [0, 0.1) is 12.7 Å². The third kappa shape index (κ3) is 5.19. The summed E-state index contributed by atoms with van der Waals surface area (Å²) in [6.45, 7) is 1.63. The molecule has 0 saturated heterocycles. The van der Waals surface area contributed by atoms with Crippen LogP contribution in [-0.2, 0) is 7.05 Å². The van der Waals surface area contributed by atoms with Gasteiger partial charge in [0.15, 0.2) is 6.29 Å². The van der Waals surface area contributed by atoms with E-state index in [4.69, 9.17) is 16.3 Å². The third-order valence-electron chi connectivity index (χ3n) is 5.19. The Morgan fingerprint density at radius 3 is 2.50 bits per heavy atom. The summed E-state index contributed by atoms with van der Waals surface area (Å²) in [5, 5.41) is 2.43. The molecule has 0 aliphatic carbocycles. The van der Waals surface area contributed by atoms with Crippen molar-refractivity contribution in [3.8, 4) is 17.2 Å². The van der Waals surface area contributed by atoms with Crippen LogP contribution in [0.3, 0.4) is 0 Å². The van der Waals surface area contributed by atoms with E-state index in [1.807, 2.05) is 6.07 Å². The second kappa shape index (κ2) is 11.4.